The summed E-state index contributed by atoms with van der Waals surface area (Å²) in [6.45, 7) is 9.38. The fraction of sp³-hybridized carbons (Fsp3) is 0.500. The minimum atomic E-state index is -0.287. The van der Waals surface area contributed by atoms with Crippen molar-refractivity contribution in [3.63, 3.8) is 0 Å². The molecule has 1 aromatic heterocycles. The number of aryl methyl sites for hydroxylation is 1. The number of anilines is 1. The topological polar surface area (TPSA) is 69.0 Å². The zero-order valence-corrected chi connectivity index (χ0v) is 16.3. The van der Waals surface area contributed by atoms with Crippen LogP contribution in [-0.2, 0) is 16.1 Å². The number of benzene rings is 1. The second-order valence-electron chi connectivity index (χ2n) is 6.24. The molecule has 0 spiro atoms. The van der Waals surface area contributed by atoms with Crippen LogP contribution >= 0.6 is 11.8 Å². The lowest BCUT2D eigenvalue weighted by Crippen LogP contribution is -2.24. The summed E-state index contributed by atoms with van der Waals surface area (Å²) in [6, 6.07) is 6.10. The Bertz CT molecular complexity index is 715. The van der Waals surface area contributed by atoms with Crippen LogP contribution in [0.1, 0.15) is 37.8 Å². The SMILES string of the molecule is COCCn1cnnc1SC(C)C(=O)Nc1c(C)cccc1C(C)C. The Balaban J connectivity index is 2.08. The first-order chi connectivity index (χ1) is 11.9. The van der Waals surface area contributed by atoms with Crippen molar-refractivity contribution in [3.05, 3.63) is 35.7 Å². The first-order valence-corrected chi connectivity index (χ1v) is 9.25. The highest BCUT2D eigenvalue weighted by molar-refractivity contribution is 8.00. The van der Waals surface area contributed by atoms with Crippen LogP contribution in [0.15, 0.2) is 29.7 Å². The van der Waals surface area contributed by atoms with E-state index in [-0.39, 0.29) is 11.2 Å². The summed E-state index contributed by atoms with van der Waals surface area (Å²) in [7, 11) is 1.65. The van der Waals surface area contributed by atoms with Crippen LogP contribution in [0.2, 0.25) is 0 Å². The van der Waals surface area contributed by atoms with Gasteiger partial charge in [-0.2, -0.15) is 0 Å². The van der Waals surface area contributed by atoms with Gasteiger partial charge in [-0.15, -0.1) is 10.2 Å². The number of thioether (sulfide) groups is 1. The molecule has 7 heteroatoms. The van der Waals surface area contributed by atoms with Crippen molar-refractivity contribution in [1.82, 2.24) is 14.8 Å². The van der Waals surface area contributed by atoms with E-state index in [0.29, 0.717) is 24.2 Å². The minimum absolute atomic E-state index is 0.0394. The van der Waals surface area contributed by atoms with Gasteiger partial charge in [0.15, 0.2) is 5.16 Å². The van der Waals surface area contributed by atoms with Crippen molar-refractivity contribution in [2.24, 2.45) is 0 Å². The number of hydrogen-bond donors (Lipinski definition) is 1. The number of methoxy groups -OCH3 is 1. The summed E-state index contributed by atoms with van der Waals surface area (Å²) < 4.78 is 6.98. The molecule has 0 fully saturated rings. The van der Waals surface area contributed by atoms with Crippen molar-refractivity contribution in [3.8, 4) is 0 Å². The van der Waals surface area contributed by atoms with Crippen molar-refractivity contribution in [1.29, 1.82) is 0 Å². The molecule has 1 unspecified atom stereocenters. The average Bonchev–Trinajstić information content (AvgIpc) is 3.01. The summed E-state index contributed by atoms with van der Waals surface area (Å²) in [5.74, 6) is 0.304. The number of nitrogens with zero attached hydrogens (tertiary/aromatic N) is 3. The number of amides is 1. The van der Waals surface area contributed by atoms with E-state index < -0.39 is 0 Å². The number of hydrogen-bond acceptors (Lipinski definition) is 5. The molecule has 6 nitrogen and oxygen atoms in total. The van der Waals surface area contributed by atoms with E-state index in [9.17, 15) is 4.79 Å². The Morgan fingerprint density at radius 2 is 2.12 bits per heavy atom. The van der Waals surface area contributed by atoms with Gasteiger partial charge in [-0.05, 0) is 30.9 Å². The molecule has 0 saturated carbocycles. The second kappa shape index (κ2) is 9.01. The van der Waals surface area contributed by atoms with Crippen LogP contribution < -0.4 is 5.32 Å². The van der Waals surface area contributed by atoms with Gasteiger partial charge in [0.05, 0.1) is 11.9 Å². The lowest BCUT2D eigenvalue weighted by atomic mass is 9.98. The van der Waals surface area contributed by atoms with Crippen LogP contribution in [-0.4, -0.2) is 39.6 Å². The van der Waals surface area contributed by atoms with Gasteiger partial charge < -0.3 is 14.6 Å². The van der Waals surface area contributed by atoms with E-state index in [4.69, 9.17) is 4.74 Å². The summed E-state index contributed by atoms with van der Waals surface area (Å²) >= 11 is 1.40. The molecule has 0 aliphatic rings. The number of rotatable bonds is 8. The summed E-state index contributed by atoms with van der Waals surface area (Å²) in [5, 5.41) is 11.6. The molecule has 0 bridgehead atoms. The molecule has 0 radical (unpaired) electrons. The highest BCUT2D eigenvalue weighted by Crippen LogP contribution is 2.29. The maximum Gasteiger partial charge on any atom is 0.237 e. The van der Waals surface area contributed by atoms with Crippen LogP contribution in [0, 0.1) is 6.92 Å². The van der Waals surface area contributed by atoms with Gasteiger partial charge in [0.1, 0.15) is 6.33 Å². The van der Waals surface area contributed by atoms with Gasteiger partial charge in [0, 0.05) is 19.3 Å². The first-order valence-electron chi connectivity index (χ1n) is 8.37. The molecule has 1 aromatic carbocycles. The van der Waals surface area contributed by atoms with Gasteiger partial charge in [0.2, 0.25) is 5.91 Å². The fourth-order valence-electron chi connectivity index (χ4n) is 2.46. The van der Waals surface area contributed by atoms with Crippen LogP contribution in [0.5, 0.6) is 0 Å². The summed E-state index contributed by atoms with van der Waals surface area (Å²) in [4.78, 5) is 12.7. The summed E-state index contributed by atoms with van der Waals surface area (Å²) in [6.07, 6.45) is 1.66. The van der Waals surface area contributed by atoms with Crippen molar-refractivity contribution in [2.45, 2.75) is 50.6 Å². The molecule has 25 heavy (non-hydrogen) atoms. The van der Waals surface area contributed by atoms with Crippen LogP contribution in [0.3, 0.4) is 0 Å². The number of para-hydroxylation sites is 1. The third-order valence-electron chi connectivity index (χ3n) is 3.94. The lowest BCUT2D eigenvalue weighted by molar-refractivity contribution is -0.115. The molecule has 0 aliphatic carbocycles. The molecule has 0 aliphatic heterocycles. The molecular formula is C18H26N4O2S. The highest BCUT2D eigenvalue weighted by Gasteiger charge is 2.20. The smallest absolute Gasteiger partial charge is 0.237 e. The number of nitrogens with one attached hydrogen (secondary N) is 1. The molecule has 1 N–H and O–H groups in total. The van der Waals surface area contributed by atoms with Gasteiger partial charge in [0.25, 0.3) is 0 Å². The molecule has 1 amide bonds. The van der Waals surface area contributed by atoms with E-state index in [1.807, 2.05) is 30.5 Å². The van der Waals surface area contributed by atoms with Gasteiger partial charge in [-0.25, -0.2) is 0 Å². The zero-order valence-electron chi connectivity index (χ0n) is 15.4. The quantitative estimate of drug-likeness (QED) is 0.728. The highest BCUT2D eigenvalue weighted by atomic mass is 32.2. The van der Waals surface area contributed by atoms with E-state index >= 15 is 0 Å². The predicted molar refractivity (Wildman–Crippen MR) is 101 cm³/mol. The number of ether oxygens (including phenoxy) is 1. The van der Waals surface area contributed by atoms with E-state index in [1.165, 1.54) is 11.8 Å². The van der Waals surface area contributed by atoms with E-state index in [0.717, 1.165) is 16.8 Å². The van der Waals surface area contributed by atoms with Gasteiger partial charge >= 0.3 is 0 Å². The average molecular weight is 362 g/mol. The maximum atomic E-state index is 12.7. The largest absolute Gasteiger partial charge is 0.383 e. The number of carbonyl (C=O) groups excluding carboxylic acids is 1. The van der Waals surface area contributed by atoms with E-state index in [1.54, 1.807) is 13.4 Å². The van der Waals surface area contributed by atoms with E-state index in [2.05, 4.69) is 35.4 Å². The van der Waals surface area contributed by atoms with Crippen LogP contribution in [0.4, 0.5) is 5.69 Å². The van der Waals surface area contributed by atoms with Gasteiger partial charge in [-0.1, -0.05) is 43.8 Å². The molecule has 0 saturated heterocycles. The van der Waals surface area contributed by atoms with Crippen LogP contribution in [0.25, 0.3) is 0 Å². The molecule has 2 rings (SSSR count). The first kappa shape index (κ1) is 19.5. The molecular weight excluding hydrogens is 336 g/mol. The molecule has 1 atom stereocenters. The monoisotopic (exact) mass is 362 g/mol. The van der Waals surface area contributed by atoms with Gasteiger partial charge in [-0.3, -0.25) is 4.79 Å². The van der Waals surface area contributed by atoms with Crippen molar-refractivity contribution in [2.75, 3.05) is 19.0 Å². The Morgan fingerprint density at radius 1 is 1.36 bits per heavy atom. The third-order valence-corrected chi connectivity index (χ3v) is 5.04. The predicted octanol–water partition coefficient (Wildman–Crippen LogP) is 3.48. The standard InChI is InChI=1S/C18H26N4O2S/c1-12(2)15-8-6-7-13(3)16(15)20-17(23)14(4)25-18-21-19-11-22(18)9-10-24-5/h6-8,11-12,14H,9-10H2,1-5H3,(H,20,23). The maximum absolute atomic E-state index is 12.7. The molecule has 2 aromatic rings. The zero-order chi connectivity index (χ0) is 18.4. The lowest BCUT2D eigenvalue weighted by Gasteiger charge is -2.18. The second-order valence-corrected chi connectivity index (χ2v) is 7.55. The third kappa shape index (κ3) is 5.06. The Labute approximate surface area is 153 Å². The number of carbonyl (C=O) groups is 1. The van der Waals surface area contributed by atoms with Crippen molar-refractivity contribution >= 4 is 23.4 Å². The Hall–Kier alpha value is -1.86. The number of aromatic nitrogens is 3. The molecule has 136 valence electrons. The minimum Gasteiger partial charge on any atom is -0.383 e. The fourth-order valence-corrected chi connectivity index (χ4v) is 3.31. The Morgan fingerprint density at radius 3 is 2.80 bits per heavy atom. The Kier molecular flexibility index (Phi) is 7.01. The molecule has 1 heterocycles. The van der Waals surface area contributed by atoms with Crippen molar-refractivity contribution < 1.29 is 9.53 Å². The summed E-state index contributed by atoms with van der Waals surface area (Å²) in [5.41, 5.74) is 3.13. The normalized spacial score (nSPS) is 12.4.